The fourth-order valence-corrected chi connectivity index (χ4v) is 5.37. The number of nitrogens with zero attached hydrogens (tertiary/aromatic N) is 1. The highest BCUT2D eigenvalue weighted by atomic mass is 32.2. The second-order valence-corrected chi connectivity index (χ2v) is 8.00. The highest BCUT2D eigenvalue weighted by Gasteiger charge is 2.32. The fourth-order valence-electron chi connectivity index (χ4n) is 2.41. The Morgan fingerprint density at radius 3 is 2.94 bits per heavy atom. The summed E-state index contributed by atoms with van der Waals surface area (Å²) in [6.07, 6.45) is 3.76. The Hall–Kier alpha value is 0.220. The van der Waals surface area contributed by atoms with Crippen molar-refractivity contribution in [3.05, 3.63) is 0 Å². The largest absolute Gasteiger partial charge is 0.313 e. The lowest BCUT2D eigenvalue weighted by Crippen LogP contribution is -2.51. The zero-order valence-corrected chi connectivity index (χ0v) is 11.3. The molecule has 2 fully saturated rings. The van der Waals surface area contributed by atoms with Crippen molar-refractivity contribution in [2.75, 3.05) is 37.4 Å². The Kier molecular flexibility index (Phi) is 4.15. The van der Waals surface area contributed by atoms with E-state index in [2.05, 4.69) is 10.2 Å². The van der Waals surface area contributed by atoms with E-state index in [0.717, 1.165) is 31.1 Å². The van der Waals surface area contributed by atoms with E-state index in [0.29, 0.717) is 6.04 Å². The molecule has 0 aliphatic carbocycles. The minimum absolute atomic E-state index is 0.270. The Bertz CT molecular complexity index is 326. The van der Waals surface area contributed by atoms with Gasteiger partial charge in [0.1, 0.15) is 5.37 Å². The standard InChI is InChI=1S/C10H20N2O2S2/c1-16(13,14)10-8-15-6-5-12(10)7-9-3-2-4-11-9/h9-11H,2-8H2,1H3. The highest BCUT2D eigenvalue weighted by molar-refractivity contribution is 8.00. The molecule has 1 N–H and O–H groups in total. The first-order valence-electron chi connectivity index (χ1n) is 5.81. The SMILES string of the molecule is CS(=O)(=O)C1CSCCN1CC1CCCN1. The van der Waals surface area contributed by atoms with E-state index in [1.807, 2.05) is 0 Å². The second-order valence-electron chi connectivity index (χ2n) is 4.65. The predicted molar refractivity (Wildman–Crippen MR) is 68.6 cm³/mol. The molecule has 0 aromatic carbocycles. The van der Waals surface area contributed by atoms with Crippen LogP contribution in [0.3, 0.4) is 0 Å². The molecule has 16 heavy (non-hydrogen) atoms. The summed E-state index contributed by atoms with van der Waals surface area (Å²) >= 11 is 1.75. The Labute approximate surface area is 102 Å². The van der Waals surface area contributed by atoms with Crippen LogP contribution in [0, 0.1) is 0 Å². The van der Waals surface area contributed by atoms with Crippen LogP contribution in [0.25, 0.3) is 0 Å². The average Bonchev–Trinajstić information content (AvgIpc) is 2.70. The Morgan fingerprint density at radius 1 is 1.50 bits per heavy atom. The molecule has 0 radical (unpaired) electrons. The van der Waals surface area contributed by atoms with Crippen LogP contribution in [0.15, 0.2) is 0 Å². The zero-order chi connectivity index (χ0) is 11.6. The quantitative estimate of drug-likeness (QED) is 0.787. The Balaban J connectivity index is 1.98. The molecular weight excluding hydrogens is 244 g/mol. The molecule has 2 atom stereocenters. The lowest BCUT2D eigenvalue weighted by molar-refractivity contribution is 0.246. The van der Waals surface area contributed by atoms with Gasteiger partial charge in [-0.25, -0.2) is 8.42 Å². The maximum atomic E-state index is 11.7. The molecule has 2 aliphatic rings. The summed E-state index contributed by atoms with van der Waals surface area (Å²) < 4.78 is 23.4. The van der Waals surface area contributed by atoms with Crippen LogP contribution in [0.5, 0.6) is 0 Å². The first-order valence-corrected chi connectivity index (χ1v) is 8.92. The molecule has 2 heterocycles. The maximum absolute atomic E-state index is 11.7. The van der Waals surface area contributed by atoms with Crippen molar-refractivity contribution in [2.45, 2.75) is 24.3 Å². The molecule has 2 rings (SSSR count). The molecule has 0 aromatic heterocycles. The van der Waals surface area contributed by atoms with Crippen LogP contribution < -0.4 is 5.32 Å². The minimum Gasteiger partial charge on any atom is -0.313 e. The number of thioether (sulfide) groups is 1. The summed E-state index contributed by atoms with van der Waals surface area (Å²) in [6, 6.07) is 0.493. The molecule has 0 spiro atoms. The van der Waals surface area contributed by atoms with Gasteiger partial charge < -0.3 is 5.32 Å². The summed E-state index contributed by atoms with van der Waals surface area (Å²) in [5.41, 5.74) is 0. The normalized spacial score (nSPS) is 33.1. The van der Waals surface area contributed by atoms with E-state index < -0.39 is 9.84 Å². The second kappa shape index (κ2) is 5.25. The molecular formula is C10H20N2O2S2. The van der Waals surface area contributed by atoms with Crippen molar-refractivity contribution in [2.24, 2.45) is 0 Å². The summed E-state index contributed by atoms with van der Waals surface area (Å²) in [5.74, 6) is 1.78. The van der Waals surface area contributed by atoms with Crippen LogP contribution in [0.2, 0.25) is 0 Å². The molecule has 94 valence electrons. The molecule has 4 nitrogen and oxygen atoms in total. The summed E-state index contributed by atoms with van der Waals surface area (Å²) in [6.45, 7) is 2.87. The average molecular weight is 264 g/mol. The van der Waals surface area contributed by atoms with E-state index in [-0.39, 0.29) is 5.37 Å². The van der Waals surface area contributed by atoms with Crippen molar-refractivity contribution in [1.82, 2.24) is 10.2 Å². The molecule has 2 aliphatic heterocycles. The van der Waals surface area contributed by atoms with Crippen molar-refractivity contribution in [3.63, 3.8) is 0 Å². The van der Waals surface area contributed by atoms with Crippen molar-refractivity contribution < 1.29 is 8.42 Å². The zero-order valence-electron chi connectivity index (χ0n) is 9.68. The lowest BCUT2D eigenvalue weighted by Gasteiger charge is -2.35. The summed E-state index contributed by atoms with van der Waals surface area (Å²) in [4.78, 5) is 2.15. The topological polar surface area (TPSA) is 49.4 Å². The van der Waals surface area contributed by atoms with Crippen LogP contribution in [0.4, 0.5) is 0 Å². The minimum atomic E-state index is -2.94. The first-order chi connectivity index (χ1) is 7.57. The highest BCUT2D eigenvalue weighted by Crippen LogP contribution is 2.21. The summed E-state index contributed by atoms with van der Waals surface area (Å²) in [5, 5.41) is 3.16. The van der Waals surface area contributed by atoms with Gasteiger partial charge in [-0.05, 0) is 19.4 Å². The smallest absolute Gasteiger partial charge is 0.164 e. The maximum Gasteiger partial charge on any atom is 0.164 e. The van der Waals surface area contributed by atoms with Gasteiger partial charge in [-0.1, -0.05) is 0 Å². The van der Waals surface area contributed by atoms with Gasteiger partial charge >= 0.3 is 0 Å². The van der Waals surface area contributed by atoms with Crippen molar-refractivity contribution >= 4 is 21.6 Å². The van der Waals surface area contributed by atoms with E-state index in [1.54, 1.807) is 11.8 Å². The molecule has 2 unspecified atom stereocenters. The van der Waals surface area contributed by atoms with Crippen LogP contribution in [0.1, 0.15) is 12.8 Å². The van der Waals surface area contributed by atoms with Crippen LogP contribution in [-0.4, -0.2) is 62.1 Å². The van der Waals surface area contributed by atoms with E-state index in [9.17, 15) is 8.42 Å². The number of hydrogen-bond acceptors (Lipinski definition) is 5. The predicted octanol–water partition coefficient (Wildman–Crippen LogP) is 0.158. The fraction of sp³-hybridized carbons (Fsp3) is 1.00. The van der Waals surface area contributed by atoms with E-state index in [1.165, 1.54) is 19.1 Å². The lowest BCUT2D eigenvalue weighted by atomic mass is 10.2. The third kappa shape index (κ3) is 3.12. The van der Waals surface area contributed by atoms with Crippen molar-refractivity contribution in [1.29, 1.82) is 0 Å². The van der Waals surface area contributed by atoms with Crippen molar-refractivity contribution in [3.8, 4) is 0 Å². The Morgan fingerprint density at radius 2 is 2.31 bits per heavy atom. The number of rotatable bonds is 3. The van der Waals surface area contributed by atoms with Gasteiger partial charge in [-0.15, -0.1) is 0 Å². The van der Waals surface area contributed by atoms with Gasteiger partial charge in [-0.2, -0.15) is 11.8 Å². The number of hydrogen-bond donors (Lipinski definition) is 1. The van der Waals surface area contributed by atoms with Gasteiger partial charge in [0.25, 0.3) is 0 Å². The third-order valence-corrected chi connectivity index (χ3v) is 5.99. The number of nitrogens with one attached hydrogen (secondary N) is 1. The van der Waals surface area contributed by atoms with Crippen LogP contribution >= 0.6 is 11.8 Å². The molecule has 2 saturated heterocycles. The van der Waals surface area contributed by atoms with Gasteiger partial charge in [0.05, 0.1) is 0 Å². The van der Waals surface area contributed by atoms with Gasteiger partial charge in [0, 0.05) is 36.9 Å². The van der Waals surface area contributed by atoms with Crippen LogP contribution in [-0.2, 0) is 9.84 Å². The molecule has 0 saturated carbocycles. The van der Waals surface area contributed by atoms with Gasteiger partial charge in [0.15, 0.2) is 9.84 Å². The third-order valence-electron chi connectivity index (χ3n) is 3.30. The van der Waals surface area contributed by atoms with E-state index >= 15 is 0 Å². The van der Waals surface area contributed by atoms with E-state index in [4.69, 9.17) is 0 Å². The molecule has 0 aromatic rings. The molecule has 0 amide bonds. The number of sulfone groups is 1. The first kappa shape index (κ1) is 12.7. The van der Waals surface area contributed by atoms with Gasteiger partial charge in [0.2, 0.25) is 0 Å². The molecule has 0 bridgehead atoms. The van der Waals surface area contributed by atoms with Gasteiger partial charge in [-0.3, -0.25) is 4.90 Å². The summed E-state index contributed by atoms with van der Waals surface area (Å²) in [7, 11) is -2.94. The molecule has 6 heteroatoms. The monoisotopic (exact) mass is 264 g/mol.